The Bertz CT molecular complexity index is 467. The maximum atomic E-state index is 4.66. The van der Waals surface area contributed by atoms with Gasteiger partial charge >= 0.3 is 0 Å². The lowest BCUT2D eigenvalue weighted by atomic mass is 9.96. The second kappa shape index (κ2) is 6.45. The molecule has 0 aromatic carbocycles. The van der Waals surface area contributed by atoms with Crippen molar-refractivity contribution in [2.24, 2.45) is 11.8 Å². The van der Waals surface area contributed by atoms with Crippen molar-refractivity contribution >= 4 is 0 Å². The molecule has 1 aromatic rings. The highest BCUT2D eigenvalue weighted by atomic mass is 15.2. The third-order valence-electron chi connectivity index (χ3n) is 5.17. The van der Waals surface area contributed by atoms with E-state index in [0.717, 1.165) is 25.4 Å². The summed E-state index contributed by atoms with van der Waals surface area (Å²) in [5.41, 5.74) is 2.68. The molecule has 3 heteroatoms. The summed E-state index contributed by atoms with van der Waals surface area (Å²) in [5.74, 6) is 1.61. The van der Waals surface area contributed by atoms with Crippen molar-refractivity contribution in [3.63, 3.8) is 0 Å². The van der Waals surface area contributed by atoms with E-state index in [-0.39, 0.29) is 0 Å². The predicted molar refractivity (Wildman–Crippen MR) is 87.2 cm³/mol. The van der Waals surface area contributed by atoms with Crippen LogP contribution in [0.1, 0.15) is 44.9 Å². The van der Waals surface area contributed by atoms with Crippen molar-refractivity contribution in [1.82, 2.24) is 15.2 Å². The largest absolute Gasteiger partial charge is 0.311 e. The van der Waals surface area contributed by atoms with Crippen LogP contribution in [-0.4, -0.2) is 35.1 Å². The second-order valence-electron chi connectivity index (χ2n) is 7.06. The summed E-state index contributed by atoms with van der Waals surface area (Å²) in [6.07, 6.45) is 5.86. The van der Waals surface area contributed by atoms with Gasteiger partial charge in [0, 0.05) is 37.9 Å². The minimum absolute atomic E-state index is 0.631. The monoisotopic (exact) mass is 287 g/mol. The predicted octanol–water partition coefficient (Wildman–Crippen LogP) is 2.85. The lowest BCUT2D eigenvalue weighted by molar-refractivity contribution is 0.0837. The first-order valence-electron chi connectivity index (χ1n) is 8.59. The number of nitrogens with zero attached hydrogens (tertiary/aromatic N) is 2. The molecule has 3 rings (SSSR count). The van der Waals surface area contributed by atoms with Crippen LogP contribution in [0.2, 0.25) is 0 Å². The van der Waals surface area contributed by atoms with Gasteiger partial charge in [0.05, 0.1) is 5.69 Å². The Kier molecular flexibility index (Phi) is 4.60. The third kappa shape index (κ3) is 3.46. The SMILES string of the molecule is CCc1cccnc1CN1CC(C2CC2)NCC1C(C)C. The van der Waals surface area contributed by atoms with Gasteiger partial charge in [0.1, 0.15) is 0 Å². The first-order chi connectivity index (χ1) is 10.2. The maximum absolute atomic E-state index is 4.66. The highest BCUT2D eigenvalue weighted by Crippen LogP contribution is 2.35. The lowest BCUT2D eigenvalue weighted by Crippen LogP contribution is -2.58. The van der Waals surface area contributed by atoms with Crippen molar-refractivity contribution in [3.05, 3.63) is 29.6 Å². The van der Waals surface area contributed by atoms with E-state index < -0.39 is 0 Å². The second-order valence-corrected chi connectivity index (χ2v) is 7.06. The minimum Gasteiger partial charge on any atom is -0.311 e. The number of aromatic nitrogens is 1. The molecule has 2 fully saturated rings. The third-order valence-corrected chi connectivity index (χ3v) is 5.17. The van der Waals surface area contributed by atoms with E-state index in [0.29, 0.717) is 18.0 Å². The highest BCUT2D eigenvalue weighted by Gasteiger charge is 2.38. The van der Waals surface area contributed by atoms with Gasteiger partial charge in [-0.05, 0) is 42.7 Å². The molecule has 3 nitrogen and oxygen atoms in total. The van der Waals surface area contributed by atoms with Crippen LogP contribution in [0.25, 0.3) is 0 Å². The molecule has 2 atom stereocenters. The summed E-state index contributed by atoms with van der Waals surface area (Å²) in [6, 6.07) is 5.63. The Labute approximate surface area is 129 Å². The van der Waals surface area contributed by atoms with Crippen LogP contribution < -0.4 is 5.32 Å². The maximum Gasteiger partial charge on any atom is 0.0575 e. The zero-order chi connectivity index (χ0) is 14.8. The van der Waals surface area contributed by atoms with E-state index in [1.54, 1.807) is 0 Å². The van der Waals surface area contributed by atoms with E-state index in [4.69, 9.17) is 0 Å². The van der Waals surface area contributed by atoms with Gasteiger partial charge in [-0.2, -0.15) is 0 Å². The van der Waals surface area contributed by atoms with Gasteiger partial charge in [-0.3, -0.25) is 9.88 Å². The highest BCUT2D eigenvalue weighted by molar-refractivity contribution is 5.20. The molecule has 21 heavy (non-hydrogen) atoms. The first-order valence-corrected chi connectivity index (χ1v) is 8.59. The van der Waals surface area contributed by atoms with Gasteiger partial charge < -0.3 is 5.32 Å². The fraction of sp³-hybridized carbons (Fsp3) is 0.722. The average Bonchev–Trinajstić information content (AvgIpc) is 3.32. The number of nitrogens with one attached hydrogen (secondary N) is 1. The van der Waals surface area contributed by atoms with Crippen molar-refractivity contribution in [1.29, 1.82) is 0 Å². The molecule has 2 aliphatic rings. The van der Waals surface area contributed by atoms with Crippen molar-refractivity contribution in [3.8, 4) is 0 Å². The molecule has 1 aliphatic carbocycles. The van der Waals surface area contributed by atoms with Gasteiger partial charge in [0.2, 0.25) is 0 Å². The zero-order valence-electron chi connectivity index (χ0n) is 13.7. The average molecular weight is 287 g/mol. The number of hydrogen-bond donors (Lipinski definition) is 1. The quantitative estimate of drug-likeness (QED) is 0.902. The van der Waals surface area contributed by atoms with Gasteiger partial charge in [-0.1, -0.05) is 26.8 Å². The molecular weight excluding hydrogens is 258 g/mol. The molecule has 2 heterocycles. The summed E-state index contributed by atoms with van der Waals surface area (Å²) in [7, 11) is 0. The molecule has 1 aliphatic heterocycles. The van der Waals surface area contributed by atoms with Crippen LogP contribution in [0.3, 0.4) is 0 Å². The lowest BCUT2D eigenvalue weighted by Gasteiger charge is -2.42. The summed E-state index contributed by atoms with van der Waals surface area (Å²) in [6.45, 7) is 10.2. The van der Waals surface area contributed by atoms with E-state index in [1.807, 2.05) is 6.20 Å². The molecule has 2 unspecified atom stereocenters. The van der Waals surface area contributed by atoms with Crippen molar-refractivity contribution in [2.75, 3.05) is 13.1 Å². The number of piperazine rings is 1. The van der Waals surface area contributed by atoms with Crippen LogP contribution in [-0.2, 0) is 13.0 Å². The molecule has 1 saturated carbocycles. The zero-order valence-corrected chi connectivity index (χ0v) is 13.7. The standard InChI is InChI=1S/C18H29N3/c1-4-14-6-5-9-19-16(14)11-21-12-17(15-7-8-15)20-10-18(21)13(2)3/h5-6,9,13,15,17-18,20H,4,7-8,10-12H2,1-3H3. The van der Waals surface area contributed by atoms with E-state index in [2.05, 4.69) is 48.1 Å². The molecule has 116 valence electrons. The minimum atomic E-state index is 0.631. The van der Waals surface area contributed by atoms with Crippen LogP contribution in [0.4, 0.5) is 0 Å². The Morgan fingerprint density at radius 3 is 2.86 bits per heavy atom. The molecule has 0 radical (unpaired) electrons. The molecule has 0 bridgehead atoms. The Morgan fingerprint density at radius 1 is 1.38 bits per heavy atom. The van der Waals surface area contributed by atoms with Crippen LogP contribution >= 0.6 is 0 Å². The van der Waals surface area contributed by atoms with Gasteiger partial charge in [-0.25, -0.2) is 0 Å². The van der Waals surface area contributed by atoms with Gasteiger partial charge in [0.25, 0.3) is 0 Å². The normalized spacial score (nSPS) is 27.2. The number of pyridine rings is 1. The van der Waals surface area contributed by atoms with Gasteiger partial charge in [-0.15, -0.1) is 0 Å². The van der Waals surface area contributed by atoms with E-state index >= 15 is 0 Å². The van der Waals surface area contributed by atoms with E-state index in [1.165, 1.54) is 30.6 Å². The molecule has 0 amide bonds. The molecular formula is C18H29N3. The topological polar surface area (TPSA) is 28.2 Å². The van der Waals surface area contributed by atoms with Crippen LogP contribution in [0.15, 0.2) is 18.3 Å². The summed E-state index contributed by atoms with van der Waals surface area (Å²) >= 11 is 0. The van der Waals surface area contributed by atoms with Crippen LogP contribution in [0.5, 0.6) is 0 Å². The Balaban J connectivity index is 1.74. The smallest absolute Gasteiger partial charge is 0.0575 e. The molecule has 1 aromatic heterocycles. The van der Waals surface area contributed by atoms with E-state index in [9.17, 15) is 0 Å². The molecule has 1 saturated heterocycles. The van der Waals surface area contributed by atoms with Crippen molar-refractivity contribution < 1.29 is 0 Å². The van der Waals surface area contributed by atoms with Crippen LogP contribution in [0, 0.1) is 11.8 Å². The number of aryl methyl sites for hydroxylation is 1. The molecule has 0 spiro atoms. The number of hydrogen-bond acceptors (Lipinski definition) is 3. The summed E-state index contributed by atoms with van der Waals surface area (Å²) in [4.78, 5) is 7.35. The van der Waals surface area contributed by atoms with Gasteiger partial charge in [0.15, 0.2) is 0 Å². The number of rotatable bonds is 5. The Morgan fingerprint density at radius 2 is 2.19 bits per heavy atom. The fourth-order valence-corrected chi connectivity index (χ4v) is 3.64. The summed E-state index contributed by atoms with van der Waals surface area (Å²) in [5, 5.41) is 3.79. The Hall–Kier alpha value is -0.930. The fourth-order valence-electron chi connectivity index (χ4n) is 3.64. The summed E-state index contributed by atoms with van der Waals surface area (Å²) < 4.78 is 0. The first kappa shape index (κ1) is 15.0. The molecule has 1 N–H and O–H groups in total. The van der Waals surface area contributed by atoms with Crippen molar-refractivity contribution in [2.45, 2.75) is 58.7 Å².